The Hall–Kier alpha value is -1.77. The number of thioether (sulfide) groups is 1. The van der Waals surface area contributed by atoms with Gasteiger partial charge in [-0.3, -0.25) is 10.1 Å². The van der Waals surface area contributed by atoms with E-state index in [2.05, 4.69) is 34.7 Å². The molecule has 1 aliphatic carbocycles. The first-order valence-corrected chi connectivity index (χ1v) is 12.2. The van der Waals surface area contributed by atoms with Crippen molar-refractivity contribution in [1.82, 2.24) is 25.4 Å². The number of halogens is 2. The lowest BCUT2D eigenvalue weighted by Crippen LogP contribution is -2.45. The number of rotatable bonds is 7. The van der Waals surface area contributed by atoms with Gasteiger partial charge in [0.1, 0.15) is 0 Å². The molecular formula is C21H27Cl2N5O2S. The number of benzene rings is 1. The summed E-state index contributed by atoms with van der Waals surface area (Å²) in [5.74, 6) is 0.634. The molecule has 2 aromatic rings. The van der Waals surface area contributed by atoms with Crippen molar-refractivity contribution in [2.24, 2.45) is 5.92 Å². The molecule has 0 atom stereocenters. The maximum atomic E-state index is 12.3. The van der Waals surface area contributed by atoms with Gasteiger partial charge in [0.15, 0.2) is 11.0 Å². The monoisotopic (exact) mass is 483 g/mol. The molecule has 0 saturated heterocycles. The van der Waals surface area contributed by atoms with Crippen LogP contribution in [0.1, 0.15) is 46.0 Å². The Bertz CT molecular complexity index is 928. The third kappa shape index (κ3) is 6.85. The molecule has 0 bridgehead atoms. The van der Waals surface area contributed by atoms with Crippen molar-refractivity contribution in [3.8, 4) is 11.4 Å². The highest BCUT2D eigenvalue weighted by Crippen LogP contribution is 2.32. The van der Waals surface area contributed by atoms with E-state index in [1.165, 1.54) is 18.2 Å². The second kappa shape index (κ2) is 11.2. The van der Waals surface area contributed by atoms with Gasteiger partial charge in [-0.1, -0.05) is 68.1 Å². The molecular weight excluding hydrogens is 457 g/mol. The summed E-state index contributed by atoms with van der Waals surface area (Å²) in [7, 11) is 0. The molecule has 7 nitrogen and oxygen atoms in total. The zero-order valence-electron chi connectivity index (χ0n) is 17.7. The number of aromatic nitrogens is 3. The van der Waals surface area contributed by atoms with E-state index < -0.39 is 6.03 Å². The molecule has 3 amide bonds. The fourth-order valence-electron chi connectivity index (χ4n) is 3.56. The van der Waals surface area contributed by atoms with Crippen LogP contribution in [0, 0.1) is 5.92 Å². The summed E-state index contributed by atoms with van der Waals surface area (Å²) in [6.07, 6.45) is 5.35. The number of nitrogens with zero attached hydrogens (tertiary/aromatic N) is 3. The quantitative estimate of drug-likeness (QED) is 0.530. The third-order valence-electron chi connectivity index (χ3n) is 4.96. The van der Waals surface area contributed by atoms with Crippen LogP contribution in [0.25, 0.3) is 11.4 Å². The summed E-state index contributed by atoms with van der Waals surface area (Å²) >= 11 is 13.6. The standard InChI is InChI=1S/C21H27Cl2N5O2S/c1-13(2)11-28-19(16-9-8-14(22)10-17(16)23)26-27-21(28)31-12-18(29)25-20(30)24-15-6-4-3-5-7-15/h8-10,13,15H,3-7,11-12H2,1-2H3,(H2,24,25,29,30). The average Bonchev–Trinajstić information content (AvgIpc) is 3.08. The summed E-state index contributed by atoms with van der Waals surface area (Å²) in [5, 5.41) is 15.5. The van der Waals surface area contributed by atoms with Gasteiger partial charge >= 0.3 is 6.03 Å². The predicted octanol–water partition coefficient (Wildman–Crippen LogP) is 5.16. The van der Waals surface area contributed by atoms with Crippen LogP contribution >= 0.6 is 35.0 Å². The number of nitrogens with one attached hydrogen (secondary N) is 2. The summed E-state index contributed by atoms with van der Waals surface area (Å²) in [6.45, 7) is 4.83. The second-order valence-electron chi connectivity index (χ2n) is 8.08. The van der Waals surface area contributed by atoms with Gasteiger partial charge in [-0.15, -0.1) is 10.2 Å². The highest BCUT2D eigenvalue weighted by molar-refractivity contribution is 7.99. The minimum Gasteiger partial charge on any atom is -0.335 e. The van der Waals surface area contributed by atoms with Gasteiger partial charge < -0.3 is 9.88 Å². The van der Waals surface area contributed by atoms with Crippen molar-refractivity contribution in [3.05, 3.63) is 28.2 Å². The van der Waals surface area contributed by atoms with Crippen LogP contribution in [0.5, 0.6) is 0 Å². The SMILES string of the molecule is CC(C)Cn1c(SCC(=O)NC(=O)NC2CCCCC2)nnc1-c1ccc(Cl)cc1Cl. The van der Waals surface area contributed by atoms with Crippen LogP contribution in [-0.2, 0) is 11.3 Å². The van der Waals surface area contributed by atoms with Gasteiger partial charge in [-0.2, -0.15) is 0 Å². The van der Waals surface area contributed by atoms with E-state index in [-0.39, 0.29) is 17.7 Å². The van der Waals surface area contributed by atoms with Gasteiger partial charge in [0.2, 0.25) is 5.91 Å². The van der Waals surface area contributed by atoms with E-state index >= 15 is 0 Å². The van der Waals surface area contributed by atoms with Crippen LogP contribution < -0.4 is 10.6 Å². The maximum absolute atomic E-state index is 12.3. The predicted molar refractivity (Wildman–Crippen MR) is 125 cm³/mol. The Morgan fingerprint density at radius 3 is 2.61 bits per heavy atom. The normalized spacial score (nSPS) is 14.6. The topological polar surface area (TPSA) is 88.9 Å². The van der Waals surface area contributed by atoms with Crippen LogP contribution in [0.15, 0.2) is 23.4 Å². The number of amides is 3. The number of carbonyl (C=O) groups excluding carboxylic acids is 2. The molecule has 1 fully saturated rings. The largest absolute Gasteiger partial charge is 0.335 e. The van der Waals surface area contributed by atoms with E-state index in [4.69, 9.17) is 23.2 Å². The zero-order chi connectivity index (χ0) is 22.4. The van der Waals surface area contributed by atoms with E-state index in [1.54, 1.807) is 12.1 Å². The lowest BCUT2D eigenvalue weighted by Gasteiger charge is -2.22. The van der Waals surface area contributed by atoms with Crippen molar-refractivity contribution >= 4 is 46.9 Å². The highest BCUT2D eigenvalue weighted by Gasteiger charge is 2.20. The summed E-state index contributed by atoms with van der Waals surface area (Å²) in [4.78, 5) is 24.4. The van der Waals surface area contributed by atoms with Crippen molar-refractivity contribution in [1.29, 1.82) is 0 Å². The third-order valence-corrected chi connectivity index (χ3v) is 6.48. The zero-order valence-corrected chi connectivity index (χ0v) is 20.0. The number of hydrogen-bond acceptors (Lipinski definition) is 5. The second-order valence-corrected chi connectivity index (χ2v) is 9.87. The molecule has 168 valence electrons. The Morgan fingerprint density at radius 2 is 1.94 bits per heavy atom. The minimum absolute atomic E-state index is 0.0582. The lowest BCUT2D eigenvalue weighted by molar-refractivity contribution is -0.117. The molecule has 0 unspecified atom stereocenters. The number of imide groups is 1. The number of urea groups is 1. The van der Waals surface area contributed by atoms with E-state index in [9.17, 15) is 9.59 Å². The first-order valence-electron chi connectivity index (χ1n) is 10.4. The fraction of sp³-hybridized carbons (Fsp3) is 0.524. The molecule has 0 spiro atoms. The summed E-state index contributed by atoms with van der Waals surface area (Å²) in [5.41, 5.74) is 0.724. The van der Waals surface area contributed by atoms with Gasteiger partial charge in [0, 0.05) is 23.2 Å². The summed E-state index contributed by atoms with van der Waals surface area (Å²) < 4.78 is 1.94. The van der Waals surface area contributed by atoms with E-state index in [0.717, 1.165) is 31.2 Å². The van der Waals surface area contributed by atoms with Crippen molar-refractivity contribution in [2.45, 2.75) is 63.7 Å². The molecule has 0 aliphatic heterocycles. The average molecular weight is 484 g/mol. The lowest BCUT2D eigenvalue weighted by atomic mass is 9.96. The highest BCUT2D eigenvalue weighted by atomic mass is 35.5. The molecule has 2 N–H and O–H groups in total. The first-order chi connectivity index (χ1) is 14.8. The van der Waals surface area contributed by atoms with Crippen LogP contribution in [0.4, 0.5) is 4.79 Å². The van der Waals surface area contributed by atoms with Gasteiger partial charge in [-0.25, -0.2) is 4.79 Å². The molecule has 31 heavy (non-hydrogen) atoms. The van der Waals surface area contributed by atoms with Gasteiger partial charge in [0.25, 0.3) is 0 Å². The smallest absolute Gasteiger partial charge is 0.321 e. The first kappa shape index (κ1) is 23.9. The molecule has 10 heteroatoms. The molecule has 3 rings (SSSR count). The minimum atomic E-state index is -0.435. The number of carbonyl (C=O) groups is 2. The maximum Gasteiger partial charge on any atom is 0.321 e. The van der Waals surface area contributed by atoms with Crippen LogP contribution in [-0.4, -0.2) is 38.5 Å². The molecule has 1 heterocycles. The van der Waals surface area contributed by atoms with Crippen LogP contribution in [0.3, 0.4) is 0 Å². The molecule has 1 aliphatic rings. The van der Waals surface area contributed by atoms with Crippen molar-refractivity contribution in [2.75, 3.05) is 5.75 Å². The van der Waals surface area contributed by atoms with Crippen molar-refractivity contribution < 1.29 is 9.59 Å². The van der Waals surface area contributed by atoms with Gasteiger partial charge in [-0.05, 0) is 37.0 Å². The molecule has 1 aromatic carbocycles. The van der Waals surface area contributed by atoms with Gasteiger partial charge in [0.05, 0.1) is 10.8 Å². The van der Waals surface area contributed by atoms with Crippen LogP contribution in [0.2, 0.25) is 10.0 Å². The molecule has 0 radical (unpaired) electrons. The Labute approximate surface area is 196 Å². The Kier molecular flexibility index (Phi) is 8.63. The number of hydrogen-bond donors (Lipinski definition) is 2. The Balaban J connectivity index is 1.64. The molecule has 1 saturated carbocycles. The van der Waals surface area contributed by atoms with E-state index in [1.807, 2.05) is 10.6 Å². The van der Waals surface area contributed by atoms with Crippen molar-refractivity contribution in [3.63, 3.8) is 0 Å². The fourth-order valence-corrected chi connectivity index (χ4v) is 4.80. The Morgan fingerprint density at radius 1 is 1.19 bits per heavy atom. The summed E-state index contributed by atoms with van der Waals surface area (Å²) in [6, 6.07) is 4.94. The van der Waals surface area contributed by atoms with E-state index in [0.29, 0.717) is 33.5 Å². The molecule has 1 aromatic heterocycles.